The minimum absolute atomic E-state index is 0.0902. The summed E-state index contributed by atoms with van der Waals surface area (Å²) in [5, 5.41) is 0.741. The third-order valence-electron chi connectivity index (χ3n) is 3.85. The molecule has 0 radical (unpaired) electrons. The molecule has 0 spiro atoms. The number of hydrogen-bond acceptors (Lipinski definition) is 2. The average molecular weight is 385 g/mol. The van der Waals surface area contributed by atoms with Crippen LogP contribution in [0.2, 0.25) is 5.02 Å². The molecule has 1 saturated heterocycles. The van der Waals surface area contributed by atoms with Crippen LogP contribution >= 0.6 is 38.9 Å². The first-order valence-electron chi connectivity index (χ1n) is 6.89. The van der Waals surface area contributed by atoms with E-state index in [1.54, 1.807) is 0 Å². The SMILES string of the molecule is Cc1cc(C(=O)N2CCCC2c2ccccc2Cl)sc1Br. The van der Waals surface area contributed by atoms with Crippen molar-refractivity contribution in [3.05, 3.63) is 55.1 Å². The molecule has 2 aromatic rings. The number of aryl methyl sites for hydroxylation is 1. The van der Waals surface area contributed by atoms with E-state index in [1.807, 2.05) is 42.2 Å². The predicted octanol–water partition coefficient (Wildman–Crippen LogP) is 5.45. The number of rotatable bonds is 2. The summed E-state index contributed by atoms with van der Waals surface area (Å²) >= 11 is 11.3. The molecular formula is C16H15BrClNOS. The van der Waals surface area contributed by atoms with E-state index in [9.17, 15) is 4.79 Å². The molecular weight excluding hydrogens is 370 g/mol. The molecule has 2 heterocycles. The number of likely N-dealkylation sites (tertiary alicyclic amines) is 1. The number of carbonyl (C=O) groups is 1. The van der Waals surface area contributed by atoms with Gasteiger partial charge < -0.3 is 4.90 Å². The van der Waals surface area contributed by atoms with Crippen LogP contribution < -0.4 is 0 Å². The zero-order valence-corrected chi connectivity index (χ0v) is 14.8. The van der Waals surface area contributed by atoms with Gasteiger partial charge in [0.25, 0.3) is 5.91 Å². The predicted molar refractivity (Wildman–Crippen MR) is 91.2 cm³/mol. The van der Waals surface area contributed by atoms with Crippen LogP contribution in [0.15, 0.2) is 34.1 Å². The Morgan fingerprint density at radius 1 is 1.43 bits per heavy atom. The van der Waals surface area contributed by atoms with Crippen molar-refractivity contribution < 1.29 is 4.79 Å². The minimum atomic E-state index is 0.0902. The first-order chi connectivity index (χ1) is 10.1. The van der Waals surface area contributed by atoms with E-state index in [0.29, 0.717) is 0 Å². The number of nitrogens with zero attached hydrogens (tertiary/aromatic N) is 1. The largest absolute Gasteiger partial charge is 0.331 e. The molecule has 110 valence electrons. The van der Waals surface area contributed by atoms with Crippen LogP contribution in [0, 0.1) is 6.92 Å². The Morgan fingerprint density at radius 2 is 2.19 bits per heavy atom. The van der Waals surface area contributed by atoms with Gasteiger partial charge in [0.2, 0.25) is 0 Å². The molecule has 2 nitrogen and oxygen atoms in total. The summed E-state index contributed by atoms with van der Waals surface area (Å²) in [6.07, 6.45) is 1.99. The van der Waals surface area contributed by atoms with Crippen LogP contribution in [-0.4, -0.2) is 17.4 Å². The molecule has 1 atom stereocenters. The summed E-state index contributed by atoms with van der Waals surface area (Å²) in [5.41, 5.74) is 2.16. The molecule has 0 saturated carbocycles. The maximum atomic E-state index is 12.8. The standard InChI is InChI=1S/C16H15BrClNOS/c1-10-9-14(21-15(10)17)16(20)19-8-4-7-13(19)11-5-2-3-6-12(11)18/h2-3,5-6,9,13H,4,7-8H2,1H3. The Labute approximate surface area is 141 Å². The first-order valence-corrected chi connectivity index (χ1v) is 8.88. The first kappa shape index (κ1) is 15.1. The zero-order chi connectivity index (χ0) is 15.0. The second-order valence-corrected chi connectivity index (χ2v) is 8.02. The highest BCUT2D eigenvalue weighted by Gasteiger charge is 2.32. The Kier molecular flexibility index (Phi) is 4.38. The Morgan fingerprint density at radius 3 is 2.86 bits per heavy atom. The quantitative estimate of drug-likeness (QED) is 0.674. The van der Waals surface area contributed by atoms with Gasteiger partial charge in [0.05, 0.1) is 14.7 Å². The summed E-state index contributed by atoms with van der Waals surface area (Å²) in [6.45, 7) is 2.80. The van der Waals surface area contributed by atoms with Crippen LogP contribution in [0.1, 0.15) is 39.7 Å². The molecule has 1 unspecified atom stereocenters. The van der Waals surface area contributed by atoms with Gasteiger partial charge >= 0.3 is 0 Å². The number of carbonyl (C=O) groups excluding carboxylic acids is 1. The van der Waals surface area contributed by atoms with Gasteiger partial charge in [-0.15, -0.1) is 11.3 Å². The maximum absolute atomic E-state index is 12.8. The molecule has 1 aromatic carbocycles. The molecule has 21 heavy (non-hydrogen) atoms. The zero-order valence-electron chi connectivity index (χ0n) is 11.6. The number of amides is 1. The molecule has 1 aromatic heterocycles. The lowest BCUT2D eigenvalue weighted by atomic mass is 10.0. The van der Waals surface area contributed by atoms with E-state index < -0.39 is 0 Å². The van der Waals surface area contributed by atoms with Crippen molar-refractivity contribution in [1.82, 2.24) is 4.90 Å². The second kappa shape index (κ2) is 6.11. The van der Waals surface area contributed by atoms with E-state index in [1.165, 1.54) is 11.3 Å². The van der Waals surface area contributed by atoms with Crippen molar-refractivity contribution in [2.75, 3.05) is 6.54 Å². The van der Waals surface area contributed by atoms with Crippen molar-refractivity contribution >= 4 is 44.8 Å². The summed E-state index contributed by atoms with van der Waals surface area (Å²) in [5.74, 6) is 0.108. The number of halogens is 2. The topological polar surface area (TPSA) is 20.3 Å². The minimum Gasteiger partial charge on any atom is -0.331 e. The highest BCUT2D eigenvalue weighted by molar-refractivity contribution is 9.11. The molecule has 5 heteroatoms. The Hall–Kier alpha value is -0.840. The van der Waals surface area contributed by atoms with Gasteiger partial charge in [0, 0.05) is 11.6 Å². The van der Waals surface area contributed by atoms with Gasteiger partial charge in [0.1, 0.15) is 0 Å². The lowest BCUT2D eigenvalue weighted by Crippen LogP contribution is -2.30. The molecule has 3 rings (SSSR count). The molecule has 0 N–H and O–H groups in total. The van der Waals surface area contributed by atoms with E-state index >= 15 is 0 Å². The molecule has 0 bridgehead atoms. The van der Waals surface area contributed by atoms with Gasteiger partial charge in [-0.05, 0) is 59.0 Å². The molecule has 1 aliphatic rings. The molecule has 1 aliphatic heterocycles. The van der Waals surface area contributed by atoms with Gasteiger partial charge in [-0.2, -0.15) is 0 Å². The molecule has 0 aliphatic carbocycles. The van der Waals surface area contributed by atoms with Gasteiger partial charge in [0.15, 0.2) is 0 Å². The second-order valence-electron chi connectivity index (χ2n) is 5.25. The van der Waals surface area contributed by atoms with E-state index in [2.05, 4.69) is 15.9 Å². The van der Waals surface area contributed by atoms with E-state index in [4.69, 9.17) is 11.6 Å². The lowest BCUT2D eigenvalue weighted by molar-refractivity contribution is 0.0740. The Balaban J connectivity index is 1.90. The fourth-order valence-electron chi connectivity index (χ4n) is 2.79. The number of benzene rings is 1. The molecule has 1 amide bonds. The summed E-state index contributed by atoms with van der Waals surface area (Å²) in [6, 6.07) is 9.87. The fourth-order valence-corrected chi connectivity index (χ4v) is 4.54. The lowest BCUT2D eigenvalue weighted by Gasteiger charge is -2.25. The summed E-state index contributed by atoms with van der Waals surface area (Å²) < 4.78 is 1.03. The fraction of sp³-hybridized carbons (Fsp3) is 0.312. The van der Waals surface area contributed by atoms with Crippen LogP contribution in [-0.2, 0) is 0 Å². The number of thiophene rings is 1. The van der Waals surface area contributed by atoms with Crippen LogP contribution in [0.4, 0.5) is 0 Å². The maximum Gasteiger partial charge on any atom is 0.264 e. The van der Waals surface area contributed by atoms with Crippen molar-refractivity contribution in [2.24, 2.45) is 0 Å². The summed E-state index contributed by atoms with van der Waals surface area (Å²) in [7, 11) is 0. The van der Waals surface area contributed by atoms with Crippen molar-refractivity contribution in [3.63, 3.8) is 0 Å². The monoisotopic (exact) mass is 383 g/mol. The van der Waals surface area contributed by atoms with Crippen LogP contribution in [0.5, 0.6) is 0 Å². The smallest absolute Gasteiger partial charge is 0.264 e. The van der Waals surface area contributed by atoms with Crippen molar-refractivity contribution in [1.29, 1.82) is 0 Å². The molecule has 1 fully saturated rings. The van der Waals surface area contributed by atoms with Crippen molar-refractivity contribution in [3.8, 4) is 0 Å². The van der Waals surface area contributed by atoms with Crippen LogP contribution in [0.25, 0.3) is 0 Å². The highest BCUT2D eigenvalue weighted by atomic mass is 79.9. The van der Waals surface area contributed by atoms with Gasteiger partial charge in [-0.3, -0.25) is 4.79 Å². The van der Waals surface area contributed by atoms with Gasteiger partial charge in [-0.1, -0.05) is 29.8 Å². The highest BCUT2D eigenvalue weighted by Crippen LogP contribution is 2.38. The van der Waals surface area contributed by atoms with Gasteiger partial charge in [-0.25, -0.2) is 0 Å². The van der Waals surface area contributed by atoms with E-state index in [-0.39, 0.29) is 11.9 Å². The third kappa shape index (κ3) is 2.89. The average Bonchev–Trinajstić information content (AvgIpc) is 3.06. The Bertz CT molecular complexity index is 665. The third-order valence-corrected chi connectivity index (χ3v) is 6.31. The number of hydrogen-bond donors (Lipinski definition) is 0. The van der Waals surface area contributed by atoms with Crippen molar-refractivity contribution in [2.45, 2.75) is 25.8 Å². The van der Waals surface area contributed by atoms with Crippen LogP contribution in [0.3, 0.4) is 0 Å². The summed E-state index contributed by atoms with van der Waals surface area (Å²) in [4.78, 5) is 15.5. The van der Waals surface area contributed by atoms with E-state index in [0.717, 1.165) is 44.2 Å². The normalized spacial score (nSPS) is 18.2.